The second-order valence-electron chi connectivity index (χ2n) is 4.40. The smallest absolute Gasteiger partial charge is 0.123 e. The molecule has 0 aliphatic heterocycles. The molecule has 0 heterocycles. The van der Waals surface area contributed by atoms with Gasteiger partial charge in [-0.15, -0.1) is 0 Å². The Kier molecular flexibility index (Phi) is 7.41. The van der Waals surface area contributed by atoms with E-state index < -0.39 is 0 Å². The summed E-state index contributed by atoms with van der Waals surface area (Å²) in [5.41, 5.74) is 1.17. The lowest BCUT2D eigenvalue weighted by Gasteiger charge is -2.11. The van der Waals surface area contributed by atoms with E-state index in [2.05, 4.69) is 16.3 Å². The zero-order valence-corrected chi connectivity index (χ0v) is 11.6. The number of hydrogen-bond acceptors (Lipinski definition) is 4. The lowest BCUT2D eigenvalue weighted by molar-refractivity contribution is 0.119. The lowest BCUT2D eigenvalue weighted by atomic mass is 10.2. The Hall–Kier alpha value is -1.10. The Bertz CT molecular complexity index is 329. The predicted molar refractivity (Wildman–Crippen MR) is 74.1 cm³/mol. The average molecular weight is 252 g/mol. The second kappa shape index (κ2) is 8.91. The van der Waals surface area contributed by atoms with Crippen molar-refractivity contribution >= 4 is 0 Å². The van der Waals surface area contributed by atoms with Crippen LogP contribution < -0.4 is 10.1 Å². The molecule has 0 aliphatic carbocycles. The predicted octanol–water partition coefficient (Wildman–Crippen LogP) is 1.36. The van der Waals surface area contributed by atoms with E-state index in [1.807, 2.05) is 32.3 Å². The van der Waals surface area contributed by atoms with Crippen LogP contribution in [0.1, 0.15) is 5.56 Å². The summed E-state index contributed by atoms with van der Waals surface area (Å²) >= 11 is 0. The van der Waals surface area contributed by atoms with Crippen molar-refractivity contribution in [2.75, 3.05) is 47.5 Å². The molecule has 4 nitrogen and oxygen atoms in total. The number of nitrogens with zero attached hydrogens (tertiary/aromatic N) is 1. The van der Waals surface area contributed by atoms with Crippen LogP contribution >= 0.6 is 0 Å². The van der Waals surface area contributed by atoms with Gasteiger partial charge in [0.1, 0.15) is 5.75 Å². The normalized spacial score (nSPS) is 10.9. The molecule has 0 saturated heterocycles. The third-order valence-electron chi connectivity index (χ3n) is 2.61. The number of para-hydroxylation sites is 1. The van der Waals surface area contributed by atoms with E-state index in [0.717, 1.165) is 38.6 Å². The molecule has 0 amide bonds. The fourth-order valence-electron chi connectivity index (χ4n) is 1.57. The summed E-state index contributed by atoms with van der Waals surface area (Å²) in [5, 5.41) is 3.35. The maximum absolute atomic E-state index is 5.50. The maximum Gasteiger partial charge on any atom is 0.123 e. The summed E-state index contributed by atoms with van der Waals surface area (Å²) in [4.78, 5) is 2.11. The number of benzene rings is 1. The molecule has 0 spiro atoms. The summed E-state index contributed by atoms with van der Waals surface area (Å²) in [6.07, 6.45) is 0. The van der Waals surface area contributed by atoms with Crippen molar-refractivity contribution in [1.29, 1.82) is 0 Å². The van der Waals surface area contributed by atoms with Gasteiger partial charge in [0.25, 0.3) is 0 Å². The van der Waals surface area contributed by atoms with Crippen LogP contribution in [0.2, 0.25) is 0 Å². The molecular formula is C14H24N2O2. The first-order chi connectivity index (χ1) is 8.74. The van der Waals surface area contributed by atoms with Gasteiger partial charge in [0, 0.05) is 25.2 Å². The quantitative estimate of drug-likeness (QED) is 0.673. The molecule has 1 rings (SSSR count). The van der Waals surface area contributed by atoms with Crippen LogP contribution in [0.25, 0.3) is 0 Å². The molecular weight excluding hydrogens is 228 g/mol. The van der Waals surface area contributed by atoms with Crippen molar-refractivity contribution in [3.63, 3.8) is 0 Å². The molecule has 0 aliphatic rings. The minimum atomic E-state index is 0.739. The first-order valence-corrected chi connectivity index (χ1v) is 6.29. The van der Waals surface area contributed by atoms with Gasteiger partial charge in [-0.3, -0.25) is 0 Å². The topological polar surface area (TPSA) is 33.7 Å². The Morgan fingerprint density at radius 2 is 1.94 bits per heavy atom. The number of likely N-dealkylation sites (N-methyl/N-ethyl adjacent to an activating group) is 1. The Morgan fingerprint density at radius 3 is 2.67 bits per heavy atom. The van der Waals surface area contributed by atoms with E-state index in [4.69, 9.17) is 9.47 Å². The van der Waals surface area contributed by atoms with Crippen LogP contribution in [0.3, 0.4) is 0 Å². The van der Waals surface area contributed by atoms with Gasteiger partial charge in [-0.25, -0.2) is 0 Å². The molecule has 1 N–H and O–H groups in total. The molecule has 102 valence electrons. The average Bonchev–Trinajstić information content (AvgIpc) is 2.37. The first kappa shape index (κ1) is 15.0. The van der Waals surface area contributed by atoms with E-state index in [0.29, 0.717) is 0 Å². The van der Waals surface area contributed by atoms with Gasteiger partial charge in [0.05, 0.1) is 20.3 Å². The Balaban J connectivity index is 2.10. The zero-order chi connectivity index (χ0) is 13.2. The summed E-state index contributed by atoms with van der Waals surface area (Å²) in [6, 6.07) is 8.04. The third-order valence-corrected chi connectivity index (χ3v) is 2.61. The third kappa shape index (κ3) is 6.00. The van der Waals surface area contributed by atoms with Crippen LogP contribution in [-0.4, -0.2) is 52.4 Å². The van der Waals surface area contributed by atoms with Crippen molar-refractivity contribution in [2.45, 2.75) is 6.54 Å². The van der Waals surface area contributed by atoms with Gasteiger partial charge < -0.3 is 19.7 Å². The molecule has 1 aromatic carbocycles. The standard InChI is InChI=1S/C14H24N2O2/c1-16(2)9-11-18-10-8-15-12-13-6-4-5-7-14(13)17-3/h4-7,15H,8-12H2,1-3H3. The first-order valence-electron chi connectivity index (χ1n) is 6.29. The molecule has 0 fully saturated rings. The largest absolute Gasteiger partial charge is 0.496 e. The van der Waals surface area contributed by atoms with E-state index in [9.17, 15) is 0 Å². The SMILES string of the molecule is COc1ccccc1CNCCOCCN(C)C. The minimum Gasteiger partial charge on any atom is -0.496 e. The highest BCUT2D eigenvalue weighted by molar-refractivity contribution is 5.32. The fourth-order valence-corrected chi connectivity index (χ4v) is 1.57. The Morgan fingerprint density at radius 1 is 1.17 bits per heavy atom. The highest BCUT2D eigenvalue weighted by Crippen LogP contribution is 2.16. The van der Waals surface area contributed by atoms with Crippen LogP contribution in [0.5, 0.6) is 5.75 Å². The zero-order valence-electron chi connectivity index (χ0n) is 11.6. The molecule has 0 radical (unpaired) electrons. The number of methoxy groups -OCH3 is 1. The maximum atomic E-state index is 5.50. The van der Waals surface area contributed by atoms with Gasteiger partial charge in [0.15, 0.2) is 0 Å². The van der Waals surface area contributed by atoms with E-state index in [1.165, 1.54) is 5.56 Å². The molecule has 0 unspecified atom stereocenters. The number of rotatable bonds is 9. The summed E-state index contributed by atoms with van der Waals surface area (Å²) in [6.45, 7) is 4.14. The molecule has 0 saturated carbocycles. The summed E-state index contributed by atoms with van der Waals surface area (Å²) in [7, 11) is 5.79. The molecule has 0 bridgehead atoms. The molecule has 0 aromatic heterocycles. The number of nitrogens with one attached hydrogen (secondary N) is 1. The van der Waals surface area contributed by atoms with Crippen molar-refractivity contribution in [3.8, 4) is 5.75 Å². The van der Waals surface area contributed by atoms with Crippen LogP contribution in [0.4, 0.5) is 0 Å². The molecule has 1 aromatic rings. The molecule has 0 atom stereocenters. The van der Waals surface area contributed by atoms with Crippen molar-refractivity contribution in [1.82, 2.24) is 10.2 Å². The molecule has 18 heavy (non-hydrogen) atoms. The highest BCUT2D eigenvalue weighted by Gasteiger charge is 2.00. The van der Waals surface area contributed by atoms with Gasteiger partial charge in [-0.2, -0.15) is 0 Å². The minimum absolute atomic E-state index is 0.739. The number of hydrogen-bond donors (Lipinski definition) is 1. The number of ether oxygens (including phenoxy) is 2. The summed E-state index contributed by atoms with van der Waals surface area (Å²) < 4.78 is 10.8. The van der Waals surface area contributed by atoms with Gasteiger partial charge >= 0.3 is 0 Å². The van der Waals surface area contributed by atoms with E-state index in [-0.39, 0.29) is 0 Å². The lowest BCUT2D eigenvalue weighted by Crippen LogP contribution is -2.23. The van der Waals surface area contributed by atoms with E-state index in [1.54, 1.807) is 7.11 Å². The van der Waals surface area contributed by atoms with Crippen LogP contribution in [0.15, 0.2) is 24.3 Å². The fraction of sp³-hybridized carbons (Fsp3) is 0.571. The van der Waals surface area contributed by atoms with Crippen LogP contribution in [0, 0.1) is 0 Å². The second-order valence-corrected chi connectivity index (χ2v) is 4.40. The van der Waals surface area contributed by atoms with Crippen molar-refractivity contribution in [3.05, 3.63) is 29.8 Å². The highest BCUT2D eigenvalue weighted by atomic mass is 16.5. The van der Waals surface area contributed by atoms with Gasteiger partial charge in [-0.05, 0) is 20.2 Å². The van der Waals surface area contributed by atoms with E-state index >= 15 is 0 Å². The molecule has 4 heteroatoms. The van der Waals surface area contributed by atoms with Crippen LogP contribution in [-0.2, 0) is 11.3 Å². The Labute approximate surface area is 110 Å². The monoisotopic (exact) mass is 252 g/mol. The van der Waals surface area contributed by atoms with Gasteiger partial charge in [0.2, 0.25) is 0 Å². The summed E-state index contributed by atoms with van der Waals surface area (Å²) in [5.74, 6) is 0.929. The van der Waals surface area contributed by atoms with Gasteiger partial charge in [-0.1, -0.05) is 18.2 Å². The van der Waals surface area contributed by atoms with Crippen molar-refractivity contribution in [2.24, 2.45) is 0 Å². The van der Waals surface area contributed by atoms with Crippen molar-refractivity contribution < 1.29 is 9.47 Å².